The lowest BCUT2D eigenvalue weighted by Gasteiger charge is -2.19. The normalized spacial score (nSPS) is 20.1. The van der Waals surface area contributed by atoms with Gasteiger partial charge in [0.1, 0.15) is 0 Å². The summed E-state index contributed by atoms with van der Waals surface area (Å²) in [5, 5.41) is -9.31. The van der Waals surface area contributed by atoms with Crippen molar-refractivity contribution in [3.63, 3.8) is 0 Å². The number of fused-ring (bicyclic) bond motifs is 14. The van der Waals surface area contributed by atoms with Crippen LogP contribution in [0.5, 0.6) is 0 Å². The Hall–Kier alpha value is -10.2. The molecule has 0 N–H and O–H groups in total. The molecule has 0 aliphatic carbocycles. The van der Waals surface area contributed by atoms with Crippen LogP contribution in [0.4, 0.5) is 0 Å². The molecule has 0 unspecified atom stereocenters. The Balaban J connectivity index is 0.000000187. The highest BCUT2D eigenvalue weighted by Gasteiger charge is 2.21. The number of thiophene rings is 2. The SMILES string of the molecule is [2H]c1c([2H])c(-c2c3c([2H])c([2H])c([2H])c([2H])c3c(-c3c([2H])c([2H])c4c(sc5c([2H])c([2H])c([2H])c([2H])c54)c3[2H])c3c([2H])c([2H])c([2H])c([2H])c23)c([2H])c([2H])c1-c1c([2H])c([2H])c2c([2H])c([2H])c([2H])c([2H])c2c1[2H].[2H]c1c([2H])c([2H])c2c(sc3c([2H])c(-c4c5c([2H])c([2H])c([2H])c([2H])c5c(-c5c([2H])c6c([2H])c([2H])c([2H])c([2H])c6c6c([2H])c([2H])c([2H])c([2H])c56)c5c([2H])c([2H])c([2H])c([2H])c45)c([2H])c([2H])c32)c1[2H]. The first-order chi connectivity index (χ1) is 62.5. The molecule has 2 heterocycles. The van der Waals surface area contributed by atoms with Gasteiger partial charge in [-0.05, 0) is 167 Å². The van der Waals surface area contributed by atoms with E-state index in [0.717, 1.165) is 0 Å². The molecule has 18 rings (SSSR count). The van der Waals surface area contributed by atoms with Gasteiger partial charge in [-0.1, -0.05) is 266 Å². The van der Waals surface area contributed by atoms with Crippen LogP contribution < -0.4 is 0 Å². The molecule has 0 saturated carbocycles. The first-order valence-electron chi connectivity index (χ1n) is 49.8. The zero-order valence-electron chi connectivity index (χ0n) is 91.8. The van der Waals surface area contributed by atoms with E-state index in [2.05, 4.69) is 0 Å². The Morgan fingerprint density at radius 2 is 0.512 bits per heavy atom. The molecule has 0 aliphatic heterocycles. The summed E-state index contributed by atoms with van der Waals surface area (Å²) in [6.07, 6.45) is 0. The van der Waals surface area contributed by atoms with Gasteiger partial charge in [-0.3, -0.25) is 0 Å². The molecule has 390 valence electrons. The summed E-state index contributed by atoms with van der Waals surface area (Å²) in [5.74, 6) is 0. The Morgan fingerprint density at radius 1 is 0.179 bits per heavy atom. The minimum Gasteiger partial charge on any atom is -0.135 e. The topological polar surface area (TPSA) is 0 Å². The van der Waals surface area contributed by atoms with Crippen molar-refractivity contribution in [1.29, 1.82) is 0 Å². The van der Waals surface area contributed by atoms with Crippen LogP contribution in [0.2, 0.25) is 0 Å². The van der Waals surface area contributed by atoms with Crippen molar-refractivity contribution < 1.29 is 68.5 Å². The second-order valence-corrected chi connectivity index (χ2v) is 20.3. The quantitative estimate of drug-likeness (QED) is 0.119. The third kappa shape index (κ3) is 7.87. The molecule has 0 fully saturated rings. The summed E-state index contributed by atoms with van der Waals surface area (Å²) in [5.41, 5.74) is -6.76. The zero-order chi connectivity index (χ0) is 98.8. The number of hydrogen-bond donors (Lipinski definition) is 0. The van der Waals surface area contributed by atoms with Crippen LogP contribution in [0.25, 0.3) is 171 Å². The van der Waals surface area contributed by atoms with Gasteiger partial charge in [0.2, 0.25) is 0 Å². The molecule has 0 bridgehead atoms. The lowest BCUT2D eigenvalue weighted by Crippen LogP contribution is -1.92. The minimum absolute atomic E-state index is 0.0767. The maximum Gasteiger partial charge on any atom is 0.0644 e. The highest BCUT2D eigenvalue weighted by atomic mass is 32.1. The first kappa shape index (κ1) is 20.0. The lowest BCUT2D eigenvalue weighted by atomic mass is 9.84. The van der Waals surface area contributed by atoms with Gasteiger partial charge < -0.3 is 0 Å². The van der Waals surface area contributed by atoms with Crippen molar-refractivity contribution in [2.75, 3.05) is 0 Å². The highest BCUT2D eigenvalue weighted by molar-refractivity contribution is 7.26. The van der Waals surface area contributed by atoms with Crippen LogP contribution in [-0.4, -0.2) is 0 Å². The molecular formula is C82H50S2. The third-order valence-corrected chi connectivity index (χ3v) is 15.8. The fourth-order valence-electron chi connectivity index (χ4n) is 10.2. The molecule has 84 heavy (non-hydrogen) atoms. The summed E-state index contributed by atoms with van der Waals surface area (Å²) in [4.78, 5) is 0. The second-order valence-electron chi connectivity index (χ2n) is 18.3. The van der Waals surface area contributed by atoms with Crippen molar-refractivity contribution in [2.45, 2.75) is 0 Å². The number of hydrogen-bond acceptors (Lipinski definition) is 2. The van der Waals surface area contributed by atoms with E-state index in [9.17, 15) is 27.4 Å². The molecule has 18 aromatic rings. The number of benzene rings is 16. The minimum atomic E-state index is -1.05. The monoisotopic (exact) mass is 1150 g/mol. The Kier molecular flexibility index (Phi) is 4.70. The predicted molar refractivity (Wildman–Crippen MR) is 368 cm³/mol. The van der Waals surface area contributed by atoms with Crippen LogP contribution in [0.3, 0.4) is 0 Å². The van der Waals surface area contributed by atoms with Crippen molar-refractivity contribution in [3.8, 4) is 55.6 Å². The average Bonchev–Trinajstić information content (AvgIpc) is 0.736. The van der Waals surface area contributed by atoms with Gasteiger partial charge in [0.25, 0.3) is 0 Å². The molecule has 2 heteroatoms. The standard InChI is InChI=1S/C42H26S.C40H24S/c1-2-10-30-25-31(22-19-27(30)9-1)28-17-20-29(21-18-28)41-35-12-3-5-14-37(35)42(38-15-6-4-13-36(38)41)32-23-24-34-33-11-7-8-16-39(33)43-40(34)26-32;1-2-12-27-25(11-1)23-36(29-14-4-3-13-28(27)29)40-34-18-7-5-16-32(34)39(33-17-6-8-19-35(33)40)26-21-22-31-30-15-9-10-20-37(30)41-38(31)24-26/h1-26H;1-24H/i1D,2D,3D,4D,5D,6D,7D,8D,9D,10D,11D,12D,13D,14D,15D,16D,17D,18D,19D,20D,21D,22D,23D,24D,25D,26D;1D,2D,3D,4D,5D,6D,7D,8D,9D,10D,11D,12D,13D,14D,15D,16D,17D,18D,19D,20D,21D,22D,23D,24D. The van der Waals surface area contributed by atoms with Crippen LogP contribution in [0.1, 0.15) is 68.5 Å². The summed E-state index contributed by atoms with van der Waals surface area (Å²) in [6.45, 7) is 0. The molecular weight excluding hydrogens is 1050 g/mol. The highest BCUT2D eigenvalue weighted by Crippen LogP contribution is 2.49. The maximum absolute atomic E-state index is 9.74. The van der Waals surface area contributed by atoms with Crippen LogP contribution >= 0.6 is 22.7 Å². The van der Waals surface area contributed by atoms with E-state index in [1.165, 1.54) is 0 Å². The largest absolute Gasteiger partial charge is 0.135 e. The second kappa shape index (κ2) is 19.8. The molecule has 0 radical (unpaired) electrons. The fraction of sp³-hybridized carbons (Fsp3) is 0. The number of rotatable bonds is 5. The van der Waals surface area contributed by atoms with Crippen LogP contribution in [-0.2, 0) is 0 Å². The van der Waals surface area contributed by atoms with Crippen LogP contribution in [0.15, 0.2) is 302 Å². The molecule has 16 aromatic carbocycles. The van der Waals surface area contributed by atoms with Crippen LogP contribution in [0, 0.1) is 0 Å². The summed E-state index contributed by atoms with van der Waals surface area (Å²) in [7, 11) is 0. The average molecular weight is 1150 g/mol. The van der Waals surface area contributed by atoms with E-state index in [4.69, 9.17) is 41.1 Å². The van der Waals surface area contributed by atoms with Crippen molar-refractivity contribution in [1.82, 2.24) is 0 Å². The molecule has 0 aliphatic rings. The molecule has 0 amide bonds. The predicted octanol–water partition coefficient (Wildman–Crippen LogP) is 24.5. The zero-order valence-corrected chi connectivity index (χ0v) is 43.4. The van der Waals surface area contributed by atoms with Crippen molar-refractivity contribution in [2.24, 2.45) is 0 Å². The fourth-order valence-corrected chi connectivity index (χ4v) is 12.2. The Bertz CT molecular complexity index is 8600. The lowest BCUT2D eigenvalue weighted by molar-refractivity contribution is 1.63. The Labute approximate surface area is 564 Å². The van der Waals surface area contributed by atoms with E-state index in [1.54, 1.807) is 0 Å². The van der Waals surface area contributed by atoms with Gasteiger partial charge in [0.05, 0.1) is 68.5 Å². The molecule has 0 spiro atoms. The smallest absolute Gasteiger partial charge is 0.0644 e. The van der Waals surface area contributed by atoms with E-state index in [0.29, 0.717) is 22.7 Å². The van der Waals surface area contributed by atoms with Gasteiger partial charge in [0.15, 0.2) is 0 Å². The van der Waals surface area contributed by atoms with E-state index < -0.39 is 433 Å². The third-order valence-electron chi connectivity index (χ3n) is 13.8. The molecule has 0 saturated heterocycles. The summed E-state index contributed by atoms with van der Waals surface area (Å²) < 4.78 is 447. The van der Waals surface area contributed by atoms with Gasteiger partial charge in [-0.25, -0.2) is 0 Å². The summed E-state index contributed by atoms with van der Waals surface area (Å²) in [6, 6.07) is -41.5. The van der Waals surface area contributed by atoms with Crippen molar-refractivity contribution in [3.05, 3.63) is 302 Å². The van der Waals surface area contributed by atoms with E-state index >= 15 is 0 Å². The Morgan fingerprint density at radius 3 is 1.01 bits per heavy atom. The van der Waals surface area contributed by atoms with Gasteiger partial charge in [-0.15, -0.1) is 22.7 Å². The maximum atomic E-state index is 9.74. The van der Waals surface area contributed by atoms with E-state index in [-0.39, 0.29) is 40.3 Å². The van der Waals surface area contributed by atoms with Gasteiger partial charge in [0, 0.05) is 40.3 Å². The van der Waals surface area contributed by atoms with E-state index in [1.807, 2.05) is 0 Å². The van der Waals surface area contributed by atoms with Crippen molar-refractivity contribution >= 4 is 138 Å². The first-order valence-corrected chi connectivity index (χ1v) is 26.4. The molecule has 0 atom stereocenters. The summed E-state index contributed by atoms with van der Waals surface area (Å²) >= 11 is 1.34. The molecule has 0 nitrogen and oxygen atoms in total. The molecule has 2 aromatic heterocycles. The van der Waals surface area contributed by atoms with Gasteiger partial charge in [-0.2, -0.15) is 0 Å². The van der Waals surface area contributed by atoms with Gasteiger partial charge >= 0.3 is 0 Å².